The fraction of sp³-hybridized carbons (Fsp3) is 0.407. The van der Waals surface area contributed by atoms with Gasteiger partial charge in [-0.25, -0.2) is 0 Å². The van der Waals surface area contributed by atoms with E-state index in [4.69, 9.17) is 0 Å². The van der Waals surface area contributed by atoms with Crippen LogP contribution in [0.15, 0.2) is 54.1 Å². The molecule has 1 amide bonds. The molecule has 6 nitrogen and oxygen atoms in total. The van der Waals surface area contributed by atoms with E-state index in [0.717, 1.165) is 42.9 Å². The van der Waals surface area contributed by atoms with Crippen molar-refractivity contribution in [2.75, 3.05) is 45.2 Å². The van der Waals surface area contributed by atoms with Crippen molar-refractivity contribution in [3.05, 3.63) is 70.8 Å². The van der Waals surface area contributed by atoms with E-state index in [1.165, 1.54) is 0 Å². The lowest BCUT2D eigenvalue weighted by Gasteiger charge is -2.27. The molecule has 2 aromatic rings. The maximum absolute atomic E-state index is 13.1. The number of carbonyl (C=O) groups is 2. The lowest BCUT2D eigenvalue weighted by Crippen LogP contribution is -2.32. The second-order valence-electron chi connectivity index (χ2n) is 8.78. The van der Waals surface area contributed by atoms with Crippen LogP contribution in [-0.4, -0.2) is 66.9 Å². The lowest BCUT2D eigenvalue weighted by molar-refractivity contribution is -0.139. The first-order valence-corrected chi connectivity index (χ1v) is 11.6. The van der Waals surface area contributed by atoms with E-state index >= 15 is 0 Å². The molecule has 0 aliphatic carbocycles. The maximum Gasteiger partial charge on any atom is 0.295 e. The van der Waals surface area contributed by atoms with Gasteiger partial charge < -0.3 is 19.8 Å². The fourth-order valence-electron chi connectivity index (χ4n) is 4.34. The van der Waals surface area contributed by atoms with Crippen LogP contribution in [0, 0.1) is 6.92 Å². The summed E-state index contributed by atoms with van der Waals surface area (Å²) in [6.45, 7) is 9.21. The molecule has 1 atom stereocenters. The van der Waals surface area contributed by atoms with Crippen LogP contribution in [0.5, 0.6) is 0 Å². The molecule has 1 N–H and O–H groups in total. The fourth-order valence-corrected chi connectivity index (χ4v) is 4.34. The highest BCUT2D eigenvalue weighted by atomic mass is 16.3. The average molecular weight is 450 g/mol. The Balaban J connectivity index is 2.06. The number of carbonyl (C=O) groups excluding carboxylic acids is 2. The molecule has 33 heavy (non-hydrogen) atoms. The van der Waals surface area contributed by atoms with Gasteiger partial charge in [0, 0.05) is 30.9 Å². The summed E-state index contributed by atoms with van der Waals surface area (Å²) in [6, 6.07) is 14.7. The highest BCUT2D eigenvalue weighted by Crippen LogP contribution is 2.40. The molecule has 2 aromatic carbocycles. The SMILES string of the molecule is CCN(CC)c1ccc(C2/C(=C(/O)c3ccc(C)cc3)C(=O)C(=O)N2CCCN(C)C)cc1. The van der Waals surface area contributed by atoms with Gasteiger partial charge in [0.15, 0.2) is 0 Å². The number of rotatable bonds is 9. The first kappa shape index (κ1) is 24.5. The molecule has 3 rings (SSSR count). The Morgan fingerprint density at radius 3 is 2.12 bits per heavy atom. The Labute approximate surface area is 197 Å². The van der Waals surface area contributed by atoms with Gasteiger partial charge in [-0.3, -0.25) is 9.59 Å². The second-order valence-corrected chi connectivity index (χ2v) is 8.78. The van der Waals surface area contributed by atoms with Crippen molar-refractivity contribution in [1.82, 2.24) is 9.80 Å². The summed E-state index contributed by atoms with van der Waals surface area (Å²) in [6.07, 6.45) is 0.735. The minimum Gasteiger partial charge on any atom is -0.507 e. The van der Waals surface area contributed by atoms with E-state index < -0.39 is 17.7 Å². The third kappa shape index (κ3) is 5.28. The van der Waals surface area contributed by atoms with Gasteiger partial charge in [-0.2, -0.15) is 0 Å². The monoisotopic (exact) mass is 449 g/mol. The van der Waals surface area contributed by atoms with Crippen LogP contribution in [0.25, 0.3) is 5.76 Å². The summed E-state index contributed by atoms with van der Waals surface area (Å²) in [5, 5.41) is 11.1. The van der Waals surface area contributed by atoms with Crippen LogP contribution < -0.4 is 4.90 Å². The summed E-state index contributed by atoms with van der Waals surface area (Å²) >= 11 is 0. The molecule has 1 unspecified atom stereocenters. The predicted molar refractivity (Wildman–Crippen MR) is 133 cm³/mol. The topological polar surface area (TPSA) is 64.1 Å². The van der Waals surface area contributed by atoms with Gasteiger partial charge in [0.2, 0.25) is 0 Å². The van der Waals surface area contributed by atoms with Crippen LogP contribution in [0.1, 0.15) is 43.0 Å². The minimum absolute atomic E-state index is 0.124. The van der Waals surface area contributed by atoms with Gasteiger partial charge in [-0.05, 0) is 65.5 Å². The molecule has 0 spiro atoms. The Kier molecular flexibility index (Phi) is 7.92. The zero-order valence-corrected chi connectivity index (χ0v) is 20.3. The molecular formula is C27H35N3O3. The highest BCUT2D eigenvalue weighted by molar-refractivity contribution is 6.46. The first-order chi connectivity index (χ1) is 15.8. The maximum atomic E-state index is 13.1. The Hall–Kier alpha value is -3.12. The van der Waals surface area contributed by atoms with Crippen molar-refractivity contribution in [3.8, 4) is 0 Å². The molecular weight excluding hydrogens is 414 g/mol. The van der Waals surface area contributed by atoms with Gasteiger partial charge in [-0.15, -0.1) is 0 Å². The van der Waals surface area contributed by atoms with E-state index in [9.17, 15) is 14.7 Å². The summed E-state index contributed by atoms with van der Waals surface area (Å²) in [5.74, 6) is -1.31. The van der Waals surface area contributed by atoms with E-state index in [0.29, 0.717) is 12.1 Å². The smallest absolute Gasteiger partial charge is 0.295 e. The number of Topliss-reactive ketones (excluding diaryl/α,β-unsaturated/α-hetero) is 1. The molecule has 1 saturated heterocycles. The zero-order valence-electron chi connectivity index (χ0n) is 20.3. The molecule has 0 saturated carbocycles. The summed E-state index contributed by atoms with van der Waals surface area (Å²) in [4.78, 5) is 32.1. The Bertz CT molecular complexity index is 1010. The Morgan fingerprint density at radius 2 is 1.58 bits per heavy atom. The third-order valence-electron chi connectivity index (χ3n) is 6.21. The number of aliphatic hydroxyl groups is 1. The number of likely N-dealkylation sites (tertiary alicyclic amines) is 1. The number of hydrogen-bond acceptors (Lipinski definition) is 5. The standard InChI is InChI=1S/C27H35N3O3/c1-6-29(7-2)22-15-13-20(14-16-22)24-23(25(31)21-11-9-19(3)10-12-21)26(32)27(33)30(24)18-8-17-28(4)5/h9-16,24,31H,6-8,17-18H2,1-5H3/b25-23-. The van der Waals surface area contributed by atoms with Crippen LogP contribution >= 0.6 is 0 Å². The number of hydrogen-bond donors (Lipinski definition) is 1. The van der Waals surface area contributed by atoms with Gasteiger partial charge in [0.25, 0.3) is 11.7 Å². The molecule has 0 radical (unpaired) electrons. The number of ketones is 1. The number of amides is 1. The molecule has 1 fully saturated rings. The zero-order chi connectivity index (χ0) is 24.1. The summed E-state index contributed by atoms with van der Waals surface area (Å²) in [7, 11) is 3.96. The molecule has 0 aromatic heterocycles. The number of anilines is 1. The van der Waals surface area contributed by atoms with Gasteiger partial charge in [0.1, 0.15) is 5.76 Å². The van der Waals surface area contributed by atoms with Crippen LogP contribution in [0.2, 0.25) is 0 Å². The normalized spacial score (nSPS) is 17.8. The van der Waals surface area contributed by atoms with Crippen molar-refractivity contribution in [1.29, 1.82) is 0 Å². The predicted octanol–water partition coefficient (Wildman–Crippen LogP) is 4.21. The van der Waals surface area contributed by atoms with Crippen LogP contribution in [0.4, 0.5) is 5.69 Å². The van der Waals surface area contributed by atoms with Crippen molar-refractivity contribution in [2.45, 2.75) is 33.2 Å². The Morgan fingerprint density at radius 1 is 0.970 bits per heavy atom. The van der Waals surface area contributed by atoms with Gasteiger partial charge >= 0.3 is 0 Å². The molecule has 1 aliphatic rings. The van der Waals surface area contributed by atoms with E-state index in [1.807, 2.05) is 57.4 Å². The van der Waals surface area contributed by atoms with Gasteiger partial charge in [-0.1, -0.05) is 42.0 Å². The van der Waals surface area contributed by atoms with Crippen molar-refractivity contribution in [2.24, 2.45) is 0 Å². The number of nitrogens with zero attached hydrogens (tertiary/aromatic N) is 3. The summed E-state index contributed by atoms with van der Waals surface area (Å²) in [5.41, 5.74) is 3.66. The van der Waals surface area contributed by atoms with Gasteiger partial charge in [0.05, 0.1) is 11.6 Å². The second kappa shape index (κ2) is 10.7. The highest BCUT2D eigenvalue weighted by Gasteiger charge is 2.45. The molecule has 6 heteroatoms. The number of aliphatic hydroxyl groups excluding tert-OH is 1. The van der Waals surface area contributed by atoms with E-state index in [-0.39, 0.29) is 11.3 Å². The molecule has 176 valence electrons. The summed E-state index contributed by atoms with van der Waals surface area (Å²) < 4.78 is 0. The van der Waals surface area contributed by atoms with E-state index in [1.54, 1.807) is 17.0 Å². The number of benzene rings is 2. The van der Waals surface area contributed by atoms with Crippen molar-refractivity contribution < 1.29 is 14.7 Å². The minimum atomic E-state index is -0.629. The van der Waals surface area contributed by atoms with Crippen molar-refractivity contribution in [3.63, 3.8) is 0 Å². The molecule has 1 aliphatic heterocycles. The largest absolute Gasteiger partial charge is 0.507 e. The van der Waals surface area contributed by atoms with Crippen molar-refractivity contribution >= 4 is 23.1 Å². The van der Waals surface area contributed by atoms with Crippen LogP contribution in [-0.2, 0) is 9.59 Å². The quantitative estimate of drug-likeness (QED) is 0.353. The lowest BCUT2D eigenvalue weighted by atomic mass is 9.94. The third-order valence-corrected chi connectivity index (χ3v) is 6.21. The first-order valence-electron chi connectivity index (χ1n) is 11.6. The molecule has 1 heterocycles. The van der Waals surface area contributed by atoms with Crippen LogP contribution in [0.3, 0.4) is 0 Å². The van der Waals surface area contributed by atoms with E-state index in [2.05, 4.69) is 23.6 Å². The number of aryl methyl sites for hydroxylation is 1. The molecule has 0 bridgehead atoms. The average Bonchev–Trinajstić information content (AvgIpc) is 3.05.